The third kappa shape index (κ3) is 3.69. The van der Waals surface area contributed by atoms with Crippen LogP contribution in [0.4, 0.5) is 5.69 Å². The van der Waals surface area contributed by atoms with Gasteiger partial charge in [0.25, 0.3) is 5.91 Å². The molecular formula is C20H18ClNO2. The highest BCUT2D eigenvalue weighted by atomic mass is 35.5. The number of anilines is 1. The van der Waals surface area contributed by atoms with Gasteiger partial charge in [0, 0.05) is 10.7 Å². The largest absolute Gasteiger partial charge is 0.493 e. The van der Waals surface area contributed by atoms with Crippen molar-refractivity contribution in [3.8, 4) is 5.75 Å². The predicted molar refractivity (Wildman–Crippen MR) is 99.1 cm³/mol. The molecule has 1 amide bonds. The van der Waals surface area contributed by atoms with Gasteiger partial charge in [-0.2, -0.15) is 0 Å². The second-order valence-electron chi connectivity index (χ2n) is 5.50. The molecule has 3 aromatic carbocycles. The molecule has 3 nitrogen and oxygen atoms in total. The number of rotatable bonds is 5. The number of halogens is 1. The van der Waals surface area contributed by atoms with Crippen LogP contribution in [0.2, 0.25) is 5.02 Å². The molecule has 0 aliphatic heterocycles. The van der Waals surface area contributed by atoms with Gasteiger partial charge >= 0.3 is 0 Å². The Hall–Kier alpha value is -2.52. The van der Waals surface area contributed by atoms with Crippen LogP contribution in [0.3, 0.4) is 0 Å². The zero-order chi connectivity index (χ0) is 16.9. The van der Waals surface area contributed by atoms with E-state index in [2.05, 4.69) is 5.32 Å². The summed E-state index contributed by atoms with van der Waals surface area (Å²) < 4.78 is 5.65. The number of hydrogen-bond acceptors (Lipinski definition) is 2. The van der Waals surface area contributed by atoms with E-state index in [1.807, 2.05) is 49.4 Å². The number of hydrogen-bond donors (Lipinski definition) is 1. The Morgan fingerprint density at radius 1 is 1.04 bits per heavy atom. The van der Waals surface area contributed by atoms with E-state index in [0.717, 1.165) is 22.9 Å². The fourth-order valence-electron chi connectivity index (χ4n) is 2.48. The first-order valence-corrected chi connectivity index (χ1v) is 8.27. The Balaban J connectivity index is 1.86. The minimum Gasteiger partial charge on any atom is -0.493 e. The summed E-state index contributed by atoms with van der Waals surface area (Å²) in [5.41, 5.74) is 1.17. The molecule has 1 N–H and O–H groups in total. The number of fused-ring (bicyclic) bond motifs is 1. The Morgan fingerprint density at radius 2 is 1.83 bits per heavy atom. The summed E-state index contributed by atoms with van der Waals surface area (Å²) >= 11 is 6.04. The number of nitrogens with one attached hydrogen (secondary N) is 1. The minimum absolute atomic E-state index is 0.237. The van der Waals surface area contributed by atoms with E-state index in [1.54, 1.807) is 18.2 Å². The van der Waals surface area contributed by atoms with Gasteiger partial charge in [-0.05, 0) is 47.5 Å². The van der Waals surface area contributed by atoms with Crippen molar-refractivity contribution < 1.29 is 9.53 Å². The van der Waals surface area contributed by atoms with E-state index in [0.29, 0.717) is 22.9 Å². The molecule has 0 spiro atoms. The van der Waals surface area contributed by atoms with E-state index in [4.69, 9.17) is 16.3 Å². The summed E-state index contributed by atoms with van der Waals surface area (Å²) in [5.74, 6) is 0.304. The SMILES string of the molecule is CCCOc1ccc(Cl)cc1C(=O)Nc1ccc2ccccc2c1. The Bertz CT molecular complexity index is 876. The van der Waals surface area contributed by atoms with Crippen molar-refractivity contribution in [2.24, 2.45) is 0 Å². The van der Waals surface area contributed by atoms with Gasteiger partial charge in [0.05, 0.1) is 12.2 Å². The third-order valence-corrected chi connectivity index (χ3v) is 3.89. The summed E-state index contributed by atoms with van der Waals surface area (Å²) in [5, 5.41) is 5.62. The topological polar surface area (TPSA) is 38.3 Å². The van der Waals surface area contributed by atoms with E-state index in [1.165, 1.54) is 0 Å². The maximum atomic E-state index is 12.6. The molecule has 0 bridgehead atoms. The molecule has 0 aliphatic carbocycles. The monoisotopic (exact) mass is 339 g/mol. The van der Waals surface area contributed by atoms with E-state index >= 15 is 0 Å². The van der Waals surface area contributed by atoms with Gasteiger partial charge in [-0.25, -0.2) is 0 Å². The highest BCUT2D eigenvalue weighted by molar-refractivity contribution is 6.31. The van der Waals surface area contributed by atoms with Crippen LogP contribution in [0.5, 0.6) is 5.75 Å². The first kappa shape index (κ1) is 16.3. The summed E-state index contributed by atoms with van der Waals surface area (Å²) in [6.07, 6.45) is 0.869. The third-order valence-electron chi connectivity index (χ3n) is 3.66. The van der Waals surface area contributed by atoms with Gasteiger partial charge in [0.2, 0.25) is 0 Å². The number of benzene rings is 3. The van der Waals surface area contributed by atoms with Gasteiger partial charge in [-0.1, -0.05) is 48.9 Å². The second-order valence-corrected chi connectivity index (χ2v) is 5.94. The van der Waals surface area contributed by atoms with Crippen LogP contribution in [-0.4, -0.2) is 12.5 Å². The van der Waals surface area contributed by atoms with Gasteiger partial charge in [0.15, 0.2) is 0 Å². The Labute approximate surface area is 146 Å². The molecule has 0 atom stereocenters. The van der Waals surface area contributed by atoms with Crippen LogP contribution < -0.4 is 10.1 Å². The Kier molecular flexibility index (Phi) is 5.02. The lowest BCUT2D eigenvalue weighted by Crippen LogP contribution is -2.14. The van der Waals surface area contributed by atoms with Gasteiger partial charge < -0.3 is 10.1 Å². The van der Waals surface area contributed by atoms with Crippen molar-refractivity contribution in [3.05, 3.63) is 71.2 Å². The minimum atomic E-state index is -0.237. The fraction of sp³-hybridized carbons (Fsp3) is 0.150. The normalized spacial score (nSPS) is 10.6. The number of ether oxygens (including phenoxy) is 1. The molecule has 122 valence electrons. The first-order chi connectivity index (χ1) is 11.7. The summed E-state index contributed by atoms with van der Waals surface area (Å²) in [6, 6.07) is 18.9. The van der Waals surface area contributed by atoms with Crippen molar-refractivity contribution >= 4 is 34.0 Å². The molecule has 0 heterocycles. The molecule has 0 radical (unpaired) electrons. The van der Waals surface area contributed by atoms with E-state index < -0.39 is 0 Å². The number of carbonyl (C=O) groups is 1. The fourth-order valence-corrected chi connectivity index (χ4v) is 2.66. The van der Waals surface area contributed by atoms with Crippen LogP contribution in [0.25, 0.3) is 10.8 Å². The lowest BCUT2D eigenvalue weighted by molar-refractivity contribution is 0.102. The lowest BCUT2D eigenvalue weighted by atomic mass is 10.1. The van der Waals surface area contributed by atoms with Gasteiger partial charge in [-0.15, -0.1) is 0 Å². The summed E-state index contributed by atoms with van der Waals surface area (Å²) in [6.45, 7) is 2.57. The van der Waals surface area contributed by atoms with Gasteiger partial charge in [-0.3, -0.25) is 4.79 Å². The quantitative estimate of drug-likeness (QED) is 0.663. The number of amides is 1. The van der Waals surface area contributed by atoms with Crippen molar-refractivity contribution in [1.29, 1.82) is 0 Å². The van der Waals surface area contributed by atoms with Crippen molar-refractivity contribution in [3.63, 3.8) is 0 Å². The highest BCUT2D eigenvalue weighted by Gasteiger charge is 2.14. The maximum absolute atomic E-state index is 12.6. The average Bonchev–Trinajstić information content (AvgIpc) is 2.60. The molecule has 0 aromatic heterocycles. The second kappa shape index (κ2) is 7.37. The molecule has 24 heavy (non-hydrogen) atoms. The first-order valence-electron chi connectivity index (χ1n) is 7.90. The number of carbonyl (C=O) groups excluding carboxylic acids is 1. The van der Waals surface area contributed by atoms with Crippen molar-refractivity contribution in [1.82, 2.24) is 0 Å². The van der Waals surface area contributed by atoms with Crippen LogP contribution in [0.1, 0.15) is 23.7 Å². The molecule has 0 aliphatic rings. The zero-order valence-corrected chi connectivity index (χ0v) is 14.1. The molecule has 0 saturated carbocycles. The molecule has 0 saturated heterocycles. The van der Waals surface area contributed by atoms with E-state index in [-0.39, 0.29) is 5.91 Å². The smallest absolute Gasteiger partial charge is 0.259 e. The summed E-state index contributed by atoms with van der Waals surface area (Å²) in [7, 11) is 0. The molecule has 3 rings (SSSR count). The van der Waals surface area contributed by atoms with Crippen LogP contribution in [-0.2, 0) is 0 Å². The lowest BCUT2D eigenvalue weighted by Gasteiger charge is -2.12. The summed E-state index contributed by atoms with van der Waals surface area (Å²) in [4.78, 5) is 12.6. The Morgan fingerprint density at radius 3 is 2.62 bits per heavy atom. The van der Waals surface area contributed by atoms with Gasteiger partial charge in [0.1, 0.15) is 5.75 Å². The van der Waals surface area contributed by atoms with E-state index in [9.17, 15) is 4.79 Å². The van der Waals surface area contributed by atoms with Crippen LogP contribution in [0.15, 0.2) is 60.7 Å². The average molecular weight is 340 g/mol. The van der Waals surface area contributed by atoms with Crippen LogP contribution in [0, 0.1) is 0 Å². The zero-order valence-electron chi connectivity index (χ0n) is 13.4. The standard InChI is InChI=1S/C20H18ClNO2/c1-2-11-24-19-10-8-16(21)13-18(19)20(23)22-17-9-7-14-5-3-4-6-15(14)12-17/h3-10,12-13H,2,11H2,1H3,(H,22,23). The molecular weight excluding hydrogens is 322 g/mol. The van der Waals surface area contributed by atoms with Crippen molar-refractivity contribution in [2.45, 2.75) is 13.3 Å². The molecule has 0 unspecified atom stereocenters. The molecule has 3 aromatic rings. The highest BCUT2D eigenvalue weighted by Crippen LogP contribution is 2.25. The molecule has 4 heteroatoms. The predicted octanol–water partition coefficient (Wildman–Crippen LogP) is 5.53. The maximum Gasteiger partial charge on any atom is 0.259 e. The van der Waals surface area contributed by atoms with Crippen molar-refractivity contribution in [2.75, 3.05) is 11.9 Å². The molecule has 0 fully saturated rings. The van der Waals surface area contributed by atoms with Crippen LogP contribution >= 0.6 is 11.6 Å².